The smallest absolute Gasteiger partial charge is 0.222 e. The number of carbonyl (C=O) groups is 1. The molecule has 0 rings (SSSR count). The van der Waals surface area contributed by atoms with Gasteiger partial charge in [-0.25, -0.2) is 0 Å². The van der Waals surface area contributed by atoms with Crippen molar-refractivity contribution in [3.8, 4) is 0 Å². The third-order valence-corrected chi connectivity index (χ3v) is 2.76. The Morgan fingerprint density at radius 1 is 1.27 bits per heavy atom. The molecule has 0 atom stereocenters. The van der Waals surface area contributed by atoms with Gasteiger partial charge in [0, 0.05) is 25.9 Å². The summed E-state index contributed by atoms with van der Waals surface area (Å²) in [5.74, 6) is 1.61. The highest BCUT2D eigenvalue weighted by Gasteiger charge is 2.08. The van der Waals surface area contributed by atoms with Gasteiger partial charge in [0.15, 0.2) is 0 Å². The highest BCUT2D eigenvalue weighted by atomic mass is 35.5. The van der Waals surface area contributed by atoms with E-state index < -0.39 is 0 Å². The van der Waals surface area contributed by atoms with Crippen LogP contribution in [0.15, 0.2) is 0 Å². The summed E-state index contributed by atoms with van der Waals surface area (Å²) in [5.41, 5.74) is 0. The molecule has 90 valence electrons. The van der Waals surface area contributed by atoms with Crippen molar-refractivity contribution in [1.29, 1.82) is 0 Å². The highest BCUT2D eigenvalue weighted by molar-refractivity contribution is 6.17. The van der Waals surface area contributed by atoms with Gasteiger partial charge in [-0.3, -0.25) is 4.79 Å². The summed E-state index contributed by atoms with van der Waals surface area (Å²) in [6.45, 7) is 5.16. The lowest BCUT2D eigenvalue weighted by atomic mass is 10.1. The van der Waals surface area contributed by atoms with E-state index in [9.17, 15) is 4.79 Å². The number of rotatable bonds is 8. The van der Waals surface area contributed by atoms with Gasteiger partial charge in [0.2, 0.25) is 5.91 Å². The molecule has 0 heterocycles. The molecule has 0 radical (unpaired) electrons. The first-order valence-corrected chi connectivity index (χ1v) is 6.41. The minimum Gasteiger partial charge on any atom is -0.346 e. The third-order valence-electron chi connectivity index (χ3n) is 2.49. The lowest BCUT2D eigenvalue weighted by molar-refractivity contribution is -0.130. The Bertz CT molecular complexity index is 171. The molecule has 1 amide bonds. The Balaban J connectivity index is 3.51. The summed E-state index contributed by atoms with van der Waals surface area (Å²) in [5, 5.41) is 0. The Morgan fingerprint density at radius 3 is 2.47 bits per heavy atom. The first-order valence-electron chi connectivity index (χ1n) is 5.87. The van der Waals surface area contributed by atoms with Crippen molar-refractivity contribution in [1.82, 2.24) is 4.90 Å². The number of hydrogen-bond acceptors (Lipinski definition) is 1. The van der Waals surface area contributed by atoms with Crippen LogP contribution in [0.5, 0.6) is 0 Å². The molecule has 0 aromatic heterocycles. The minimum absolute atomic E-state index is 0.273. The molecule has 0 saturated carbocycles. The van der Waals surface area contributed by atoms with Crippen LogP contribution in [-0.2, 0) is 4.79 Å². The maximum absolute atomic E-state index is 11.6. The largest absolute Gasteiger partial charge is 0.346 e. The maximum atomic E-state index is 11.6. The average Bonchev–Trinajstić information content (AvgIpc) is 2.20. The van der Waals surface area contributed by atoms with Crippen LogP contribution in [0.25, 0.3) is 0 Å². The first-order chi connectivity index (χ1) is 7.07. The number of halogens is 1. The number of nitrogens with zero attached hydrogens (tertiary/aromatic N) is 1. The number of carbonyl (C=O) groups excluding carboxylic acids is 1. The van der Waals surface area contributed by atoms with Crippen LogP contribution >= 0.6 is 11.6 Å². The van der Waals surface area contributed by atoms with Gasteiger partial charge in [-0.2, -0.15) is 0 Å². The summed E-state index contributed by atoms with van der Waals surface area (Å²) in [6, 6.07) is 0. The number of alkyl halides is 1. The molecule has 0 fully saturated rings. The second-order valence-electron chi connectivity index (χ2n) is 4.50. The molecular formula is C12H24ClNO. The Labute approximate surface area is 99.0 Å². The van der Waals surface area contributed by atoms with E-state index in [-0.39, 0.29) is 5.91 Å². The van der Waals surface area contributed by atoms with Crippen LogP contribution in [-0.4, -0.2) is 30.3 Å². The standard InChI is InChI=1S/C12H24ClNO/c1-11(2)7-8-12(15)14(3)10-6-4-5-9-13/h11H,4-10H2,1-3H3. The van der Waals surface area contributed by atoms with E-state index in [1.807, 2.05) is 11.9 Å². The number of amides is 1. The van der Waals surface area contributed by atoms with Gasteiger partial charge in [-0.15, -0.1) is 11.6 Å². The van der Waals surface area contributed by atoms with E-state index in [1.54, 1.807) is 0 Å². The first kappa shape index (κ1) is 14.8. The molecule has 2 nitrogen and oxygen atoms in total. The quantitative estimate of drug-likeness (QED) is 0.465. The van der Waals surface area contributed by atoms with E-state index in [4.69, 9.17) is 11.6 Å². The summed E-state index contributed by atoms with van der Waals surface area (Å²) < 4.78 is 0. The van der Waals surface area contributed by atoms with Crippen molar-refractivity contribution in [2.75, 3.05) is 19.5 Å². The Hall–Kier alpha value is -0.240. The van der Waals surface area contributed by atoms with Gasteiger partial charge in [0.05, 0.1) is 0 Å². The zero-order valence-electron chi connectivity index (χ0n) is 10.3. The predicted octanol–water partition coefficient (Wildman–Crippen LogP) is 3.29. The zero-order valence-corrected chi connectivity index (χ0v) is 11.0. The van der Waals surface area contributed by atoms with Crippen LogP contribution in [0.4, 0.5) is 0 Å². The molecule has 0 aliphatic carbocycles. The SMILES string of the molecule is CC(C)CCC(=O)N(C)CCCCCCl. The van der Waals surface area contributed by atoms with Gasteiger partial charge in [0.25, 0.3) is 0 Å². The molecule has 15 heavy (non-hydrogen) atoms. The molecule has 0 bridgehead atoms. The molecule has 3 heteroatoms. The fourth-order valence-corrected chi connectivity index (χ4v) is 1.54. The van der Waals surface area contributed by atoms with E-state index >= 15 is 0 Å². The van der Waals surface area contributed by atoms with Gasteiger partial charge in [-0.05, 0) is 25.2 Å². The van der Waals surface area contributed by atoms with Gasteiger partial charge in [-0.1, -0.05) is 20.3 Å². The third kappa shape index (κ3) is 8.73. The van der Waals surface area contributed by atoms with Crippen LogP contribution in [0.3, 0.4) is 0 Å². The van der Waals surface area contributed by atoms with Gasteiger partial charge in [0.1, 0.15) is 0 Å². The molecule has 0 unspecified atom stereocenters. The van der Waals surface area contributed by atoms with Crippen molar-refractivity contribution in [3.05, 3.63) is 0 Å². The van der Waals surface area contributed by atoms with Crippen molar-refractivity contribution >= 4 is 17.5 Å². The maximum Gasteiger partial charge on any atom is 0.222 e. The fraction of sp³-hybridized carbons (Fsp3) is 0.917. The molecular weight excluding hydrogens is 210 g/mol. The summed E-state index contributed by atoms with van der Waals surface area (Å²) >= 11 is 5.58. The average molecular weight is 234 g/mol. The zero-order chi connectivity index (χ0) is 11.7. The van der Waals surface area contributed by atoms with E-state index in [0.717, 1.165) is 38.1 Å². The number of unbranched alkanes of at least 4 members (excludes halogenated alkanes) is 2. The topological polar surface area (TPSA) is 20.3 Å². The molecule has 0 N–H and O–H groups in total. The molecule has 0 aliphatic heterocycles. The van der Waals surface area contributed by atoms with Crippen molar-refractivity contribution in [3.63, 3.8) is 0 Å². The molecule has 0 aromatic rings. The monoisotopic (exact) mass is 233 g/mol. The van der Waals surface area contributed by atoms with Crippen molar-refractivity contribution in [2.24, 2.45) is 5.92 Å². The highest BCUT2D eigenvalue weighted by Crippen LogP contribution is 2.06. The van der Waals surface area contributed by atoms with Crippen LogP contribution in [0.2, 0.25) is 0 Å². The van der Waals surface area contributed by atoms with Gasteiger partial charge >= 0.3 is 0 Å². The Morgan fingerprint density at radius 2 is 1.93 bits per heavy atom. The molecule has 0 saturated heterocycles. The minimum atomic E-state index is 0.273. The second-order valence-corrected chi connectivity index (χ2v) is 4.88. The molecule has 0 spiro atoms. The van der Waals surface area contributed by atoms with Crippen LogP contribution in [0.1, 0.15) is 46.0 Å². The number of hydrogen-bond donors (Lipinski definition) is 0. The molecule has 0 aromatic carbocycles. The van der Waals surface area contributed by atoms with E-state index in [2.05, 4.69) is 13.8 Å². The lowest BCUT2D eigenvalue weighted by Crippen LogP contribution is -2.27. The van der Waals surface area contributed by atoms with Crippen LogP contribution < -0.4 is 0 Å². The Kier molecular flexibility index (Phi) is 8.88. The summed E-state index contributed by atoms with van der Waals surface area (Å²) in [6.07, 6.45) is 4.91. The van der Waals surface area contributed by atoms with Gasteiger partial charge < -0.3 is 4.90 Å². The molecule has 0 aliphatic rings. The van der Waals surface area contributed by atoms with E-state index in [0.29, 0.717) is 12.3 Å². The van der Waals surface area contributed by atoms with Crippen molar-refractivity contribution in [2.45, 2.75) is 46.0 Å². The second kappa shape index (κ2) is 9.02. The lowest BCUT2D eigenvalue weighted by Gasteiger charge is -2.17. The van der Waals surface area contributed by atoms with E-state index in [1.165, 1.54) is 0 Å². The fourth-order valence-electron chi connectivity index (χ4n) is 1.35. The van der Waals surface area contributed by atoms with Crippen molar-refractivity contribution < 1.29 is 4.79 Å². The summed E-state index contributed by atoms with van der Waals surface area (Å²) in [7, 11) is 1.89. The normalized spacial score (nSPS) is 10.7. The predicted molar refractivity (Wildman–Crippen MR) is 66.3 cm³/mol. The summed E-state index contributed by atoms with van der Waals surface area (Å²) in [4.78, 5) is 13.5. The van der Waals surface area contributed by atoms with Crippen LogP contribution in [0, 0.1) is 5.92 Å².